The molecule has 0 saturated heterocycles. The second-order valence-corrected chi connectivity index (χ2v) is 4.46. The summed E-state index contributed by atoms with van der Waals surface area (Å²) in [5.74, 6) is -1.35. The van der Waals surface area contributed by atoms with E-state index in [2.05, 4.69) is 4.98 Å². The number of amides is 1. The maximum Gasteiger partial charge on any atom is 0.323 e. The van der Waals surface area contributed by atoms with E-state index in [1.54, 1.807) is 6.92 Å². The number of halogens is 1. The highest BCUT2D eigenvalue weighted by atomic mass is 35.5. The number of ether oxygens (including phenoxy) is 2. The zero-order valence-corrected chi connectivity index (χ0v) is 12.6. The van der Waals surface area contributed by atoms with Crippen LogP contribution in [0.5, 0.6) is 5.88 Å². The van der Waals surface area contributed by atoms with E-state index < -0.39 is 18.4 Å². The van der Waals surface area contributed by atoms with Crippen molar-refractivity contribution in [2.45, 2.75) is 6.92 Å². The highest BCUT2D eigenvalue weighted by Crippen LogP contribution is 2.23. The number of aliphatic carboxylic acids is 1. The lowest BCUT2D eigenvalue weighted by atomic mass is 10.2. The van der Waals surface area contributed by atoms with Crippen LogP contribution in [0.3, 0.4) is 0 Å². The van der Waals surface area contributed by atoms with Gasteiger partial charge >= 0.3 is 5.97 Å². The van der Waals surface area contributed by atoms with Crippen molar-refractivity contribution in [2.75, 3.05) is 33.4 Å². The highest BCUT2D eigenvalue weighted by Gasteiger charge is 2.20. The second-order valence-electron chi connectivity index (χ2n) is 4.06. The molecule has 0 fully saturated rings. The monoisotopic (exact) mass is 316 g/mol. The normalized spacial score (nSPS) is 10.2. The summed E-state index contributed by atoms with van der Waals surface area (Å²) < 4.78 is 10.0. The molecule has 0 aromatic carbocycles. The fourth-order valence-electron chi connectivity index (χ4n) is 1.58. The van der Waals surface area contributed by atoms with Crippen molar-refractivity contribution >= 4 is 23.5 Å². The standard InChI is InChI=1S/C13H17ClN2O5/c1-3-21-12-10(14)6-9(7-15-12)13(19)16(4-5-20-2)8-11(17)18/h6-7H,3-5,8H2,1-2H3,(H,17,18). The van der Waals surface area contributed by atoms with Crippen LogP contribution < -0.4 is 4.74 Å². The molecule has 0 aliphatic carbocycles. The van der Waals surface area contributed by atoms with Gasteiger partial charge in [0.15, 0.2) is 0 Å². The summed E-state index contributed by atoms with van der Waals surface area (Å²) in [5.41, 5.74) is 0.195. The topological polar surface area (TPSA) is 89.0 Å². The number of rotatable bonds is 8. The quantitative estimate of drug-likeness (QED) is 0.777. The van der Waals surface area contributed by atoms with Crippen LogP contribution in [0.15, 0.2) is 12.3 Å². The van der Waals surface area contributed by atoms with E-state index in [0.717, 1.165) is 4.90 Å². The van der Waals surface area contributed by atoms with Crippen molar-refractivity contribution in [1.82, 2.24) is 9.88 Å². The van der Waals surface area contributed by atoms with Crippen LogP contribution in [-0.2, 0) is 9.53 Å². The number of hydrogen-bond acceptors (Lipinski definition) is 5. The average Bonchev–Trinajstić information content (AvgIpc) is 2.44. The molecule has 0 saturated carbocycles. The van der Waals surface area contributed by atoms with E-state index in [1.807, 2.05) is 0 Å². The van der Waals surface area contributed by atoms with Gasteiger partial charge in [0.05, 0.1) is 18.8 Å². The number of carboxylic acids is 1. The predicted molar refractivity (Wildman–Crippen MR) is 75.8 cm³/mol. The Morgan fingerprint density at radius 2 is 2.19 bits per heavy atom. The van der Waals surface area contributed by atoms with E-state index in [4.69, 9.17) is 26.2 Å². The fraction of sp³-hybridized carbons (Fsp3) is 0.462. The van der Waals surface area contributed by atoms with E-state index in [-0.39, 0.29) is 29.6 Å². The molecule has 0 aliphatic rings. The molecule has 0 spiro atoms. The molecule has 0 radical (unpaired) electrons. The molecule has 0 unspecified atom stereocenters. The lowest BCUT2D eigenvalue weighted by Gasteiger charge is -2.20. The van der Waals surface area contributed by atoms with Gasteiger partial charge in [0.1, 0.15) is 11.6 Å². The molecular formula is C13H17ClN2O5. The van der Waals surface area contributed by atoms with Crippen LogP contribution in [0, 0.1) is 0 Å². The molecule has 1 N–H and O–H groups in total. The van der Waals surface area contributed by atoms with Gasteiger partial charge < -0.3 is 19.5 Å². The molecule has 1 aromatic rings. The Morgan fingerprint density at radius 3 is 2.71 bits per heavy atom. The first kappa shape index (κ1) is 17.2. The zero-order chi connectivity index (χ0) is 15.8. The van der Waals surface area contributed by atoms with Crippen molar-refractivity contribution < 1.29 is 24.2 Å². The first-order chi connectivity index (χ1) is 9.99. The molecule has 0 bridgehead atoms. The molecule has 1 aromatic heterocycles. The first-order valence-electron chi connectivity index (χ1n) is 6.28. The number of hydrogen-bond donors (Lipinski definition) is 1. The molecule has 8 heteroatoms. The number of carbonyl (C=O) groups is 2. The van der Waals surface area contributed by atoms with Gasteiger partial charge in [-0.05, 0) is 13.0 Å². The first-order valence-corrected chi connectivity index (χ1v) is 6.65. The number of aromatic nitrogens is 1. The Labute approximate surface area is 127 Å². The van der Waals surface area contributed by atoms with Crippen molar-refractivity contribution in [1.29, 1.82) is 0 Å². The van der Waals surface area contributed by atoms with E-state index >= 15 is 0 Å². The molecule has 1 rings (SSSR count). The Morgan fingerprint density at radius 1 is 1.48 bits per heavy atom. The smallest absolute Gasteiger partial charge is 0.323 e. The molecule has 21 heavy (non-hydrogen) atoms. The van der Waals surface area contributed by atoms with Gasteiger partial charge in [-0.15, -0.1) is 0 Å². The molecule has 116 valence electrons. The lowest BCUT2D eigenvalue weighted by Crippen LogP contribution is -2.38. The van der Waals surface area contributed by atoms with Crippen LogP contribution in [-0.4, -0.2) is 60.3 Å². The van der Waals surface area contributed by atoms with Crippen molar-refractivity contribution in [3.8, 4) is 5.88 Å². The molecule has 1 amide bonds. The van der Waals surface area contributed by atoms with Crippen LogP contribution >= 0.6 is 11.6 Å². The van der Waals surface area contributed by atoms with Crippen LogP contribution in [0.25, 0.3) is 0 Å². The molecule has 0 aliphatic heterocycles. The zero-order valence-electron chi connectivity index (χ0n) is 11.8. The minimum Gasteiger partial charge on any atom is -0.480 e. The third-order valence-electron chi connectivity index (χ3n) is 2.51. The van der Waals surface area contributed by atoms with E-state index in [0.29, 0.717) is 6.61 Å². The van der Waals surface area contributed by atoms with Gasteiger partial charge in [-0.25, -0.2) is 4.98 Å². The van der Waals surface area contributed by atoms with Gasteiger partial charge in [-0.1, -0.05) is 11.6 Å². The largest absolute Gasteiger partial charge is 0.480 e. The van der Waals surface area contributed by atoms with Crippen molar-refractivity contribution in [2.24, 2.45) is 0 Å². The Hall–Kier alpha value is -1.86. The summed E-state index contributed by atoms with van der Waals surface area (Å²) in [4.78, 5) is 28.2. The summed E-state index contributed by atoms with van der Waals surface area (Å²) in [6.45, 7) is 2.16. The van der Waals surface area contributed by atoms with Gasteiger partial charge in [0.25, 0.3) is 5.91 Å². The predicted octanol–water partition coefficient (Wildman–Crippen LogP) is 1.31. The molecule has 1 heterocycles. The summed E-state index contributed by atoms with van der Waals surface area (Å²) in [7, 11) is 1.47. The van der Waals surface area contributed by atoms with Gasteiger partial charge in [0, 0.05) is 19.9 Å². The third kappa shape index (κ3) is 5.20. The molecule has 7 nitrogen and oxygen atoms in total. The molecular weight excluding hydrogens is 300 g/mol. The van der Waals surface area contributed by atoms with Crippen molar-refractivity contribution in [3.05, 3.63) is 22.8 Å². The SMILES string of the molecule is CCOc1ncc(C(=O)N(CCOC)CC(=O)O)cc1Cl. The maximum atomic E-state index is 12.3. The van der Waals surface area contributed by atoms with Crippen LogP contribution in [0.1, 0.15) is 17.3 Å². The number of nitrogens with zero attached hydrogens (tertiary/aromatic N) is 2. The Kier molecular flexibility index (Phi) is 6.90. The van der Waals surface area contributed by atoms with Crippen molar-refractivity contribution in [3.63, 3.8) is 0 Å². The Balaban J connectivity index is 2.91. The lowest BCUT2D eigenvalue weighted by molar-refractivity contribution is -0.137. The number of carboxylic acid groups (broad SMARTS) is 1. The third-order valence-corrected chi connectivity index (χ3v) is 2.78. The second kappa shape index (κ2) is 8.43. The van der Waals surface area contributed by atoms with Gasteiger partial charge in [-0.2, -0.15) is 0 Å². The number of methoxy groups -OCH3 is 1. The number of carbonyl (C=O) groups excluding carboxylic acids is 1. The summed E-state index contributed by atoms with van der Waals surface area (Å²) in [6, 6.07) is 1.41. The van der Waals surface area contributed by atoms with Crippen LogP contribution in [0.4, 0.5) is 0 Å². The van der Waals surface area contributed by atoms with E-state index in [1.165, 1.54) is 19.4 Å². The fourth-order valence-corrected chi connectivity index (χ4v) is 1.81. The minimum atomic E-state index is -1.11. The Bertz CT molecular complexity index is 509. The van der Waals surface area contributed by atoms with E-state index in [9.17, 15) is 9.59 Å². The van der Waals surface area contributed by atoms with Crippen LogP contribution in [0.2, 0.25) is 5.02 Å². The summed E-state index contributed by atoms with van der Waals surface area (Å²) in [5, 5.41) is 9.05. The van der Waals surface area contributed by atoms with Gasteiger partial charge in [0.2, 0.25) is 5.88 Å². The molecule has 0 atom stereocenters. The van der Waals surface area contributed by atoms with Gasteiger partial charge in [-0.3, -0.25) is 9.59 Å². The summed E-state index contributed by atoms with van der Waals surface area (Å²) >= 11 is 5.97. The minimum absolute atomic E-state index is 0.159. The average molecular weight is 317 g/mol. The highest BCUT2D eigenvalue weighted by molar-refractivity contribution is 6.32. The summed E-state index contributed by atoms with van der Waals surface area (Å²) in [6.07, 6.45) is 1.31. The maximum absolute atomic E-state index is 12.3. The number of pyridine rings is 1.